The van der Waals surface area contributed by atoms with Crippen LogP contribution < -0.4 is 0 Å². The van der Waals surface area contributed by atoms with E-state index < -0.39 is 0 Å². The van der Waals surface area contributed by atoms with Gasteiger partial charge in [0.25, 0.3) is 0 Å². The number of hydrogen-bond donors (Lipinski definition) is 0. The van der Waals surface area contributed by atoms with E-state index in [0.717, 1.165) is 0 Å². The summed E-state index contributed by atoms with van der Waals surface area (Å²) in [6.07, 6.45) is 7.51. The summed E-state index contributed by atoms with van der Waals surface area (Å²) < 4.78 is 1.94. The molecule has 0 aliphatic rings. The molecular formula is C6H7I. The third-order valence-electron chi connectivity index (χ3n) is 0.431. The van der Waals surface area contributed by atoms with Crippen LogP contribution in [0, 0.1) is 0 Å². The highest BCUT2D eigenvalue weighted by Crippen LogP contribution is 1.83. The van der Waals surface area contributed by atoms with Crippen LogP contribution in [0.4, 0.5) is 0 Å². The number of halogens is 1. The second-order valence-corrected chi connectivity index (χ2v) is 1.66. The zero-order chi connectivity index (χ0) is 5.54. The molecule has 1 heteroatoms. The van der Waals surface area contributed by atoms with E-state index in [-0.39, 0.29) is 0 Å². The monoisotopic (exact) mass is 206 g/mol. The van der Waals surface area contributed by atoms with Gasteiger partial charge in [-0.05, 0) is 4.08 Å². The van der Waals surface area contributed by atoms with Crippen molar-refractivity contribution in [3.63, 3.8) is 0 Å². The van der Waals surface area contributed by atoms with Crippen LogP contribution in [-0.2, 0) is 0 Å². The Morgan fingerprint density at radius 2 is 1.86 bits per heavy atom. The molecule has 0 unspecified atom stereocenters. The molecule has 0 N–H and O–H groups in total. The van der Waals surface area contributed by atoms with Crippen molar-refractivity contribution in [1.29, 1.82) is 0 Å². The summed E-state index contributed by atoms with van der Waals surface area (Å²) in [7, 11) is 0. The second kappa shape index (κ2) is 5.95. The van der Waals surface area contributed by atoms with Gasteiger partial charge in [-0.15, -0.1) is 0 Å². The fourth-order valence-electron chi connectivity index (χ4n) is 0.185. The molecule has 7 heavy (non-hydrogen) atoms. The van der Waals surface area contributed by atoms with E-state index in [2.05, 4.69) is 29.2 Å². The van der Waals surface area contributed by atoms with Crippen LogP contribution in [-0.4, -0.2) is 0 Å². The molecule has 0 fully saturated rings. The van der Waals surface area contributed by atoms with Crippen LogP contribution in [0.15, 0.2) is 35.0 Å². The van der Waals surface area contributed by atoms with E-state index in [9.17, 15) is 0 Å². The Morgan fingerprint density at radius 3 is 2.29 bits per heavy atom. The molecule has 0 aliphatic carbocycles. The molecular weight excluding hydrogens is 199 g/mol. The van der Waals surface area contributed by atoms with Gasteiger partial charge in [-0.3, -0.25) is 0 Å². The molecule has 0 saturated heterocycles. The van der Waals surface area contributed by atoms with Crippen molar-refractivity contribution in [2.24, 2.45) is 0 Å². The number of hydrogen-bond acceptors (Lipinski definition) is 0. The average molecular weight is 206 g/mol. The highest BCUT2D eigenvalue weighted by Gasteiger charge is 1.53. The van der Waals surface area contributed by atoms with Crippen molar-refractivity contribution in [2.45, 2.75) is 0 Å². The van der Waals surface area contributed by atoms with Crippen molar-refractivity contribution in [3.05, 3.63) is 35.0 Å². The zero-order valence-electron chi connectivity index (χ0n) is 3.97. The Labute approximate surface area is 57.8 Å². The van der Waals surface area contributed by atoms with E-state index in [1.54, 1.807) is 6.08 Å². The minimum atomic E-state index is 1.75. The van der Waals surface area contributed by atoms with Crippen LogP contribution in [0.1, 0.15) is 0 Å². The second-order valence-electron chi connectivity index (χ2n) is 0.939. The fourth-order valence-corrected chi connectivity index (χ4v) is 0.424. The first-order chi connectivity index (χ1) is 3.41. The first-order valence-corrected chi connectivity index (χ1v) is 3.21. The molecule has 0 radical (unpaired) electrons. The van der Waals surface area contributed by atoms with Crippen LogP contribution >= 0.6 is 22.6 Å². The lowest BCUT2D eigenvalue weighted by Gasteiger charge is -1.64. The largest absolute Gasteiger partial charge is 0.0991 e. The van der Waals surface area contributed by atoms with Crippen molar-refractivity contribution >= 4 is 22.6 Å². The van der Waals surface area contributed by atoms with Crippen LogP contribution in [0.25, 0.3) is 0 Å². The lowest BCUT2D eigenvalue weighted by molar-refractivity contribution is 1.98. The van der Waals surface area contributed by atoms with Gasteiger partial charge in [0.1, 0.15) is 0 Å². The van der Waals surface area contributed by atoms with Gasteiger partial charge in [-0.2, -0.15) is 0 Å². The highest BCUT2D eigenvalue weighted by molar-refractivity contribution is 14.1. The summed E-state index contributed by atoms with van der Waals surface area (Å²) in [5.74, 6) is 0. The SMILES string of the molecule is C=C/C=C\C=C\I. The first kappa shape index (κ1) is 6.95. The molecule has 0 saturated carbocycles. The minimum absolute atomic E-state index is 1.75. The van der Waals surface area contributed by atoms with Crippen molar-refractivity contribution in [2.75, 3.05) is 0 Å². The van der Waals surface area contributed by atoms with E-state index in [1.807, 2.05) is 22.3 Å². The molecule has 0 heterocycles. The normalized spacial score (nSPS) is 11.0. The average Bonchev–Trinajstić information content (AvgIpc) is 1.69. The Kier molecular flexibility index (Phi) is 5.91. The summed E-state index contributed by atoms with van der Waals surface area (Å²) >= 11 is 2.16. The van der Waals surface area contributed by atoms with Crippen molar-refractivity contribution < 1.29 is 0 Å². The number of allylic oxidation sites excluding steroid dienone is 4. The molecule has 0 aromatic rings. The Balaban J connectivity index is 3.27. The highest BCUT2D eigenvalue weighted by atomic mass is 127. The molecule has 0 aromatic carbocycles. The Morgan fingerprint density at radius 1 is 1.14 bits per heavy atom. The third-order valence-corrected chi connectivity index (χ3v) is 0.846. The predicted octanol–water partition coefficient (Wildman–Crippen LogP) is 2.68. The summed E-state index contributed by atoms with van der Waals surface area (Å²) in [5, 5.41) is 0. The van der Waals surface area contributed by atoms with E-state index in [4.69, 9.17) is 0 Å². The molecule has 0 spiro atoms. The Hall–Kier alpha value is -0.0500. The van der Waals surface area contributed by atoms with E-state index in [1.165, 1.54) is 0 Å². The first-order valence-electron chi connectivity index (χ1n) is 1.96. The van der Waals surface area contributed by atoms with Crippen molar-refractivity contribution in [1.82, 2.24) is 0 Å². The smallest absolute Gasteiger partial charge is 0.0234 e. The molecule has 38 valence electrons. The lowest BCUT2D eigenvalue weighted by Crippen LogP contribution is -1.40. The quantitative estimate of drug-likeness (QED) is 0.481. The summed E-state index contributed by atoms with van der Waals surface area (Å²) in [6.45, 7) is 3.51. The van der Waals surface area contributed by atoms with Gasteiger partial charge in [0.15, 0.2) is 0 Å². The summed E-state index contributed by atoms with van der Waals surface area (Å²) in [4.78, 5) is 0. The zero-order valence-corrected chi connectivity index (χ0v) is 6.13. The molecule has 0 aromatic heterocycles. The summed E-state index contributed by atoms with van der Waals surface area (Å²) in [6, 6.07) is 0. The maximum Gasteiger partial charge on any atom is -0.0234 e. The van der Waals surface area contributed by atoms with Crippen molar-refractivity contribution in [3.8, 4) is 0 Å². The molecule has 0 rings (SSSR count). The summed E-state index contributed by atoms with van der Waals surface area (Å²) in [5.41, 5.74) is 0. The number of rotatable bonds is 2. The topological polar surface area (TPSA) is 0 Å². The van der Waals surface area contributed by atoms with Gasteiger partial charge < -0.3 is 0 Å². The Bertz CT molecular complexity index is 90.4. The van der Waals surface area contributed by atoms with Gasteiger partial charge in [-0.25, -0.2) is 0 Å². The maximum atomic E-state index is 3.51. The van der Waals surface area contributed by atoms with Gasteiger partial charge in [0.2, 0.25) is 0 Å². The fraction of sp³-hybridized carbons (Fsp3) is 0. The van der Waals surface area contributed by atoms with Gasteiger partial charge >= 0.3 is 0 Å². The third kappa shape index (κ3) is 5.95. The van der Waals surface area contributed by atoms with Crippen LogP contribution in [0.2, 0.25) is 0 Å². The van der Waals surface area contributed by atoms with Crippen LogP contribution in [0.5, 0.6) is 0 Å². The molecule has 0 aliphatic heterocycles. The molecule has 0 atom stereocenters. The molecule has 0 bridgehead atoms. The van der Waals surface area contributed by atoms with Gasteiger partial charge in [0, 0.05) is 0 Å². The minimum Gasteiger partial charge on any atom is -0.0991 e. The van der Waals surface area contributed by atoms with E-state index >= 15 is 0 Å². The molecule has 0 amide bonds. The predicted molar refractivity (Wildman–Crippen MR) is 42.5 cm³/mol. The standard InChI is InChI=1S/C6H7I/c1-2-3-4-5-6-7/h2-6H,1H2/b4-3-,6-5+. The van der Waals surface area contributed by atoms with Gasteiger partial charge in [-0.1, -0.05) is 53.5 Å². The molecule has 0 nitrogen and oxygen atoms in total. The van der Waals surface area contributed by atoms with Crippen LogP contribution in [0.3, 0.4) is 0 Å². The lowest BCUT2D eigenvalue weighted by atomic mass is 10.5. The van der Waals surface area contributed by atoms with Gasteiger partial charge in [0.05, 0.1) is 0 Å². The maximum absolute atomic E-state index is 3.51. The van der Waals surface area contributed by atoms with E-state index in [0.29, 0.717) is 0 Å².